The first-order valence-corrected chi connectivity index (χ1v) is 8.53. The molecule has 130 valence electrons. The Bertz CT molecular complexity index is 775. The van der Waals surface area contributed by atoms with Gasteiger partial charge in [-0.15, -0.1) is 0 Å². The molecule has 0 aliphatic heterocycles. The Kier molecular flexibility index (Phi) is 7.22. The number of ether oxygens (including phenoxy) is 2. The molecule has 1 N–H and O–H groups in total. The van der Waals surface area contributed by atoms with Gasteiger partial charge in [0, 0.05) is 10.0 Å². The standard InChI is InChI=1S/C19H19BrN2O3/c1-3-11-25-18-10-9-15(20)12-16(18)19(23)22-21-13-14-7-5-6-8-17(14)24-4-2/h3,5-10,12-13H,1,4,11H2,2H3,(H,22,23)/b21-13-. The molecule has 2 rings (SSSR count). The summed E-state index contributed by atoms with van der Waals surface area (Å²) < 4.78 is 11.8. The van der Waals surface area contributed by atoms with Gasteiger partial charge in [-0.25, -0.2) is 5.43 Å². The van der Waals surface area contributed by atoms with Crippen molar-refractivity contribution in [2.45, 2.75) is 6.92 Å². The third-order valence-electron chi connectivity index (χ3n) is 3.13. The van der Waals surface area contributed by atoms with Gasteiger partial charge in [0.05, 0.1) is 18.4 Å². The third kappa shape index (κ3) is 5.46. The number of hydrogen-bond donors (Lipinski definition) is 1. The molecule has 0 spiro atoms. The van der Waals surface area contributed by atoms with E-state index in [1.807, 2.05) is 31.2 Å². The summed E-state index contributed by atoms with van der Waals surface area (Å²) >= 11 is 3.35. The summed E-state index contributed by atoms with van der Waals surface area (Å²) in [5.41, 5.74) is 3.67. The van der Waals surface area contributed by atoms with Crippen molar-refractivity contribution in [1.29, 1.82) is 0 Å². The molecule has 2 aromatic rings. The first-order valence-electron chi connectivity index (χ1n) is 7.74. The highest BCUT2D eigenvalue weighted by Crippen LogP contribution is 2.23. The lowest BCUT2D eigenvalue weighted by molar-refractivity contribution is 0.0951. The molecule has 0 aliphatic rings. The first kappa shape index (κ1) is 18.7. The highest BCUT2D eigenvalue weighted by Gasteiger charge is 2.12. The molecular weight excluding hydrogens is 384 g/mol. The molecule has 2 aromatic carbocycles. The van der Waals surface area contributed by atoms with Crippen LogP contribution in [0.1, 0.15) is 22.8 Å². The van der Waals surface area contributed by atoms with E-state index in [0.717, 1.165) is 10.0 Å². The SMILES string of the molecule is C=CCOc1ccc(Br)cc1C(=O)N/N=C\c1ccccc1OCC. The number of carbonyl (C=O) groups is 1. The van der Waals surface area contributed by atoms with Crippen LogP contribution in [0.25, 0.3) is 0 Å². The average molecular weight is 403 g/mol. The smallest absolute Gasteiger partial charge is 0.275 e. The van der Waals surface area contributed by atoms with Crippen LogP contribution >= 0.6 is 15.9 Å². The summed E-state index contributed by atoms with van der Waals surface area (Å²) in [4.78, 5) is 12.4. The fraction of sp³-hybridized carbons (Fsp3) is 0.158. The highest BCUT2D eigenvalue weighted by atomic mass is 79.9. The van der Waals surface area contributed by atoms with Gasteiger partial charge >= 0.3 is 0 Å². The summed E-state index contributed by atoms with van der Waals surface area (Å²) in [6.45, 7) is 6.38. The molecule has 0 radical (unpaired) electrons. The number of carbonyl (C=O) groups excluding carboxylic acids is 1. The van der Waals surface area contributed by atoms with Crippen molar-refractivity contribution >= 4 is 28.1 Å². The maximum atomic E-state index is 12.4. The van der Waals surface area contributed by atoms with E-state index in [-0.39, 0.29) is 5.91 Å². The van der Waals surface area contributed by atoms with Crippen molar-refractivity contribution in [3.63, 3.8) is 0 Å². The van der Waals surface area contributed by atoms with E-state index in [1.54, 1.807) is 30.5 Å². The molecule has 0 atom stereocenters. The number of halogens is 1. The lowest BCUT2D eigenvalue weighted by Crippen LogP contribution is -2.19. The van der Waals surface area contributed by atoms with E-state index in [9.17, 15) is 4.79 Å². The molecule has 25 heavy (non-hydrogen) atoms. The van der Waals surface area contributed by atoms with Crippen molar-refractivity contribution < 1.29 is 14.3 Å². The van der Waals surface area contributed by atoms with Crippen LogP contribution in [0.4, 0.5) is 0 Å². The van der Waals surface area contributed by atoms with Crippen LogP contribution in [-0.2, 0) is 0 Å². The molecule has 6 heteroatoms. The molecule has 0 saturated heterocycles. The Morgan fingerprint density at radius 1 is 1.24 bits per heavy atom. The molecular formula is C19H19BrN2O3. The molecule has 0 bridgehead atoms. The Hall–Kier alpha value is -2.60. The van der Waals surface area contributed by atoms with E-state index in [0.29, 0.717) is 30.3 Å². The van der Waals surface area contributed by atoms with Gasteiger partial charge in [-0.3, -0.25) is 4.79 Å². The Balaban J connectivity index is 2.12. The number of benzene rings is 2. The van der Waals surface area contributed by atoms with Crippen LogP contribution in [0.3, 0.4) is 0 Å². The second-order valence-electron chi connectivity index (χ2n) is 4.91. The average Bonchev–Trinajstić information content (AvgIpc) is 2.62. The van der Waals surface area contributed by atoms with Gasteiger partial charge in [-0.2, -0.15) is 5.10 Å². The molecule has 0 aliphatic carbocycles. The van der Waals surface area contributed by atoms with Crippen molar-refractivity contribution in [1.82, 2.24) is 5.43 Å². The van der Waals surface area contributed by atoms with Crippen molar-refractivity contribution in [2.24, 2.45) is 5.10 Å². The van der Waals surface area contributed by atoms with Gasteiger partial charge in [-0.05, 0) is 37.3 Å². The quantitative estimate of drug-likeness (QED) is 0.409. The Labute approximate surface area is 155 Å². The Morgan fingerprint density at radius 2 is 2.04 bits per heavy atom. The lowest BCUT2D eigenvalue weighted by atomic mass is 10.2. The normalized spacial score (nSPS) is 10.5. The summed E-state index contributed by atoms with van der Waals surface area (Å²) in [6.07, 6.45) is 3.16. The van der Waals surface area contributed by atoms with Crippen LogP contribution < -0.4 is 14.9 Å². The zero-order valence-corrected chi connectivity index (χ0v) is 15.5. The fourth-order valence-corrected chi connectivity index (χ4v) is 2.41. The van der Waals surface area contributed by atoms with Crippen molar-refractivity contribution in [3.8, 4) is 11.5 Å². The van der Waals surface area contributed by atoms with E-state index in [2.05, 4.69) is 33.0 Å². The minimum atomic E-state index is -0.370. The predicted molar refractivity (Wildman–Crippen MR) is 103 cm³/mol. The van der Waals surface area contributed by atoms with Crippen LogP contribution in [0, 0.1) is 0 Å². The largest absolute Gasteiger partial charge is 0.493 e. The van der Waals surface area contributed by atoms with Crippen LogP contribution in [0.15, 0.2) is 64.7 Å². The lowest BCUT2D eigenvalue weighted by Gasteiger charge is -2.09. The van der Waals surface area contributed by atoms with E-state index in [4.69, 9.17) is 9.47 Å². The molecule has 0 saturated carbocycles. The number of para-hydroxylation sites is 1. The monoisotopic (exact) mass is 402 g/mol. The van der Waals surface area contributed by atoms with Crippen LogP contribution in [-0.4, -0.2) is 25.3 Å². The van der Waals surface area contributed by atoms with Gasteiger partial charge in [0.2, 0.25) is 0 Å². The van der Waals surface area contributed by atoms with Crippen molar-refractivity contribution in [2.75, 3.05) is 13.2 Å². The van der Waals surface area contributed by atoms with Gasteiger partial charge in [0.15, 0.2) is 0 Å². The van der Waals surface area contributed by atoms with Gasteiger partial charge in [0.1, 0.15) is 18.1 Å². The van der Waals surface area contributed by atoms with E-state index in [1.165, 1.54) is 0 Å². The van der Waals surface area contributed by atoms with Crippen LogP contribution in [0.5, 0.6) is 11.5 Å². The maximum Gasteiger partial charge on any atom is 0.275 e. The number of amides is 1. The molecule has 0 heterocycles. The molecule has 1 amide bonds. The fourth-order valence-electron chi connectivity index (χ4n) is 2.05. The van der Waals surface area contributed by atoms with E-state index >= 15 is 0 Å². The third-order valence-corrected chi connectivity index (χ3v) is 3.62. The summed E-state index contributed by atoms with van der Waals surface area (Å²) in [7, 11) is 0. The molecule has 0 unspecified atom stereocenters. The van der Waals surface area contributed by atoms with Gasteiger partial charge in [-0.1, -0.05) is 40.7 Å². The minimum absolute atomic E-state index is 0.312. The topological polar surface area (TPSA) is 59.9 Å². The summed E-state index contributed by atoms with van der Waals surface area (Å²) in [6, 6.07) is 12.7. The zero-order chi connectivity index (χ0) is 18.1. The highest BCUT2D eigenvalue weighted by molar-refractivity contribution is 9.10. The van der Waals surface area contributed by atoms with Gasteiger partial charge in [0.25, 0.3) is 5.91 Å². The number of hydrazone groups is 1. The van der Waals surface area contributed by atoms with Crippen molar-refractivity contribution in [3.05, 3.63) is 70.7 Å². The molecule has 0 aromatic heterocycles. The van der Waals surface area contributed by atoms with Crippen LogP contribution in [0.2, 0.25) is 0 Å². The number of hydrogen-bond acceptors (Lipinski definition) is 4. The molecule has 5 nitrogen and oxygen atoms in total. The minimum Gasteiger partial charge on any atom is -0.493 e. The number of rotatable bonds is 8. The summed E-state index contributed by atoms with van der Waals surface area (Å²) in [5.74, 6) is 0.802. The second kappa shape index (κ2) is 9.64. The zero-order valence-electron chi connectivity index (χ0n) is 13.9. The number of nitrogens with one attached hydrogen (secondary N) is 1. The first-order chi connectivity index (χ1) is 12.2. The summed E-state index contributed by atoms with van der Waals surface area (Å²) in [5, 5.41) is 4.02. The molecule has 0 fully saturated rings. The predicted octanol–water partition coefficient (Wildman–Crippen LogP) is 4.18. The Morgan fingerprint density at radius 3 is 2.80 bits per heavy atom. The maximum absolute atomic E-state index is 12.4. The van der Waals surface area contributed by atoms with Gasteiger partial charge < -0.3 is 9.47 Å². The second-order valence-corrected chi connectivity index (χ2v) is 5.83. The number of nitrogens with zero attached hydrogens (tertiary/aromatic N) is 1. The van der Waals surface area contributed by atoms with E-state index < -0.39 is 0 Å².